The van der Waals surface area contributed by atoms with E-state index < -0.39 is 11.6 Å². The van der Waals surface area contributed by atoms with Crippen molar-refractivity contribution in [2.45, 2.75) is 72.6 Å². The fourth-order valence-corrected chi connectivity index (χ4v) is 5.69. The average Bonchev–Trinajstić information content (AvgIpc) is 3.48. The van der Waals surface area contributed by atoms with Gasteiger partial charge in [0, 0.05) is 32.4 Å². The van der Waals surface area contributed by atoms with Crippen LogP contribution in [0, 0.1) is 12.8 Å². The van der Waals surface area contributed by atoms with Crippen molar-refractivity contribution in [3.63, 3.8) is 0 Å². The number of pyridine rings is 1. The molecule has 12 heteroatoms. The molecule has 44 heavy (non-hydrogen) atoms. The molecule has 0 radical (unpaired) electrons. The van der Waals surface area contributed by atoms with Crippen molar-refractivity contribution in [1.29, 1.82) is 0 Å². The lowest BCUT2D eigenvalue weighted by atomic mass is 9.97. The number of aromatic carboxylic acids is 1. The Morgan fingerprint density at radius 2 is 1.95 bits per heavy atom. The van der Waals surface area contributed by atoms with Gasteiger partial charge in [-0.25, -0.2) is 19.3 Å². The lowest BCUT2D eigenvalue weighted by molar-refractivity contribution is 0.0224. The molecule has 0 bridgehead atoms. The molecule has 0 spiro atoms. The van der Waals surface area contributed by atoms with E-state index in [9.17, 15) is 14.7 Å². The Kier molecular flexibility index (Phi) is 8.53. The molecule has 4 heterocycles. The Bertz CT molecular complexity index is 1700. The summed E-state index contributed by atoms with van der Waals surface area (Å²) in [6, 6.07) is 7.09. The molecule has 3 aromatic heterocycles. The number of nitrogen functional groups attached to an aromatic ring is 1. The van der Waals surface area contributed by atoms with E-state index in [-0.39, 0.29) is 11.7 Å². The summed E-state index contributed by atoms with van der Waals surface area (Å²) in [6.45, 7) is 11.8. The normalized spacial score (nSPS) is 14.0. The van der Waals surface area contributed by atoms with Crippen molar-refractivity contribution in [1.82, 2.24) is 29.2 Å². The number of ether oxygens (including phenoxy) is 2. The molecule has 12 nitrogen and oxygen atoms in total. The number of carbonyl (C=O) groups excluding carboxylic acids is 1. The van der Waals surface area contributed by atoms with Crippen molar-refractivity contribution in [3.05, 3.63) is 52.8 Å². The largest absolute Gasteiger partial charge is 0.478 e. The minimum absolute atomic E-state index is 0.170. The number of rotatable bonds is 9. The molecule has 0 unspecified atom stereocenters. The van der Waals surface area contributed by atoms with Crippen LogP contribution in [-0.2, 0) is 31.3 Å². The Balaban J connectivity index is 1.23. The van der Waals surface area contributed by atoms with Gasteiger partial charge in [-0.15, -0.1) is 0 Å². The zero-order valence-corrected chi connectivity index (χ0v) is 26.3. The molecule has 1 amide bonds. The molecule has 0 aliphatic carbocycles. The number of hydrogen-bond acceptors (Lipinski definition) is 8. The maximum absolute atomic E-state index is 12.7. The maximum atomic E-state index is 12.7. The second-order valence-electron chi connectivity index (χ2n) is 12.6. The Morgan fingerprint density at radius 1 is 1.18 bits per heavy atom. The van der Waals surface area contributed by atoms with E-state index in [1.54, 1.807) is 29.7 Å². The summed E-state index contributed by atoms with van der Waals surface area (Å²) in [4.78, 5) is 35.1. The molecule has 1 atom stereocenters. The Labute approximate surface area is 256 Å². The van der Waals surface area contributed by atoms with Gasteiger partial charge < -0.3 is 29.8 Å². The van der Waals surface area contributed by atoms with Crippen LogP contribution in [0.4, 0.5) is 10.7 Å². The van der Waals surface area contributed by atoms with Gasteiger partial charge in [-0.1, -0.05) is 13.0 Å². The van der Waals surface area contributed by atoms with E-state index in [4.69, 9.17) is 15.2 Å². The molecule has 5 rings (SSSR count). The lowest BCUT2D eigenvalue weighted by Gasteiger charge is -2.31. The highest BCUT2D eigenvalue weighted by atomic mass is 16.6. The number of carboxylic acid groups (broad SMARTS) is 1. The van der Waals surface area contributed by atoms with Crippen LogP contribution in [0.15, 0.2) is 30.5 Å². The van der Waals surface area contributed by atoms with Gasteiger partial charge in [-0.05, 0) is 82.2 Å². The van der Waals surface area contributed by atoms with Crippen molar-refractivity contribution >= 4 is 29.0 Å². The van der Waals surface area contributed by atoms with E-state index in [2.05, 4.69) is 26.6 Å². The molecular formula is C32H41N7O5. The van der Waals surface area contributed by atoms with Crippen LogP contribution in [0.2, 0.25) is 0 Å². The number of aryl methyl sites for hydroxylation is 2. The minimum Gasteiger partial charge on any atom is -0.478 e. The highest BCUT2D eigenvalue weighted by molar-refractivity contribution is 5.89. The molecule has 0 saturated heterocycles. The molecule has 0 fully saturated rings. The number of carboxylic acids is 1. The fraction of sp³-hybridized carbons (Fsp3) is 0.469. The number of benzene rings is 1. The number of anilines is 1. The van der Waals surface area contributed by atoms with Gasteiger partial charge in [0.2, 0.25) is 11.8 Å². The number of amides is 1. The quantitative estimate of drug-likeness (QED) is 0.246. The van der Waals surface area contributed by atoms with E-state index in [1.165, 1.54) is 17.7 Å². The minimum atomic E-state index is -1.01. The number of hydrogen-bond donors (Lipinski definition) is 2. The van der Waals surface area contributed by atoms with Crippen LogP contribution >= 0.6 is 0 Å². The van der Waals surface area contributed by atoms with Gasteiger partial charge in [0.25, 0.3) is 0 Å². The number of imidazole rings is 1. The zero-order valence-electron chi connectivity index (χ0n) is 26.3. The summed E-state index contributed by atoms with van der Waals surface area (Å²) >= 11 is 0. The summed E-state index contributed by atoms with van der Waals surface area (Å²) < 4.78 is 15.5. The van der Waals surface area contributed by atoms with Gasteiger partial charge in [-0.2, -0.15) is 5.10 Å². The fourth-order valence-electron chi connectivity index (χ4n) is 5.69. The number of nitrogens with zero attached hydrogens (tertiary/aromatic N) is 6. The highest BCUT2D eigenvalue weighted by Gasteiger charge is 2.28. The maximum Gasteiger partial charge on any atom is 0.410 e. The van der Waals surface area contributed by atoms with Crippen LogP contribution in [0.25, 0.3) is 22.3 Å². The second kappa shape index (κ2) is 12.2. The first-order chi connectivity index (χ1) is 20.8. The van der Waals surface area contributed by atoms with Crippen LogP contribution in [0.5, 0.6) is 5.88 Å². The van der Waals surface area contributed by atoms with E-state index in [0.29, 0.717) is 67.4 Å². The molecule has 1 aliphatic heterocycles. The Hall–Kier alpha value is -4.61. The molecule has 1 aliphatic rings. The van der Waals surface area contributed by atoms with Crippen LogP contribution < -0.4 is 10.5 Å². The van der Waals surface area contributed by atoms with E-state index >= 15 is 0 Å². The van der Waals surface area contributed by atoms with Crippen LogP contribution in [-0.4, -0.2) is 65.1 Å². The van der Waals surface area contributed by atoms with Gasteiger partial charge in [-0.3, -0.25) is 4.98 Å². The number of aromatic nitrogens is 5. The predicted octanol–water partition coefficient (Wildman–Crippen LogP) is 5.21. The van der Waals surface area contributed by atoms with Gasteiger partial charge >= 0.3 is 12.1 Å². The zero-order chi connectivity index (χ0) is 31.8. The smallest absolute Gasteiger partial charge is 0.410 e. The number of fused-ring (bicyclic) bond motifs is 3. The van der Waals surface area contributed by atoms with Crippen molar-refractivity contribution in [2.24, 2.45) is 13.0 Å². The highest BCUT2D eigenvalue weighted by Crippen LogP contribution is 2.32. The summed E-state index contributed by atoms with van der Waals surface area (Å²) in [5.41, 5.74) is 12.0. The average molecular weight is 604 g/mol. The second-order valence-corrected chi connectivity index (χ2v) is 12.6. The molecule has 234 valence electrons. The first kappa shape index (κ1) is 30.8. The summed E-state index contributed by atoms with van der Waals surface area (Å²) in [6.07, 6.45) is 3.73. The summed E-state index contributed by atoms with van der Waals surface area (Å²) in [7, 11) is 1.79. The molecular weight excluding hydrogens is 562 g/mol. The monoisotopic (exact) mass is 603 g/mol. The van der Waals surface area contributed by atoms with Crippen molar-refractivity contribution in [2.75, 3.05) is 18.9 Å². The van der Waals surface area contributed by atoms with Crippen LogP contribution in [0.1, 0.15) is 67.7 Å². The molecule has 0 saturated carbocycles. The molecule has 1 aromatic carbocycles. The van der Waals surface area contributed by atoms with Gasteiger partial charge in [0.15, 0.2) is 0 Å². The SMILES string of the molecule is Cc1cc(C(=O)O)cc(-c2cnn(C)c2OCCC[C@@H](C)Cn2c(N)nc3ccc4c(c32)CCN(C(=O)OC(C)(C)C)C4)n1. The van der Waals surface area contributed by atoms with E-state index in [1.807, 2.05) is 32.9 Å². The van der Waals surface area contributed by atoms with Gasteiger partial charge in [0.1, 0.15) is 5.60 Å². The summed E-state index contributed by atoms with van der Waals surface area (Å²) in [5, 5.41) is 13.8. The first-order valence-corrected chi connectivity index (χ1v) is 14.9. The van der Waals surface area contributed by atoms with Crippen molar-refractivity contribution in [3.8, 4) is 17.1 Å². The predicted molar refractivity (Wildman–Crippen MR) is 167 cm³/mol. The number of carbonyl (C=O) groups is 2. The molecule has 3 N–H and O–H groups in total. The Morgan fingerprint density at radius 3 is 2.68 bits per heavy atom. The standard InChI is InChI=1S/C32H41N7O5/c1-19(8-7-13-43-28-24(16-34-37(28)6)26-15-22(29(40)41)14-20(2)35-26)17-39-27-23-11-12-38(31(42)44-32(3,4)5)18-21(23)9-10-25(27)36-30(39)33/h9-10,14-16,19H,7-8,11-13,17-18H2,1-6H3,(H2,33,36)(H,40,41)/t19-/m1/s1. The van der Waals surface area contributed by atoms with Crippen LogP contribution in [0.3, 0.4) is 0 Å². The van der Waals surface area contributed by atoms with E-state index in [0.717, 1.165) is 29.4 Å². The third kappa shape index (κ3) is 6.63. The third-order valence-corrected chi connectivity index (χ3v) is 7.72. The first-order valence-electron chi connectivity index (χ1n) is 14.9. The summed E-state index contributed by atoms with van der Waals surface area (Å²) in [5.74, 6) is 0.311. The number of nitrogens with two attached hydrogens (primary N) is 1. The van der Waals surface area contributed by atoms with Gasteiger partial charge in [0.05, 0.1) is 40.7 Å². The topological polar surface area (TPSA) is 151 Å². The lowest BCUT2D eigenvalue weighted by Crippen LogP contribution is -2.40. The third-order valence-electron chi connectivity index (χ3n) is 7.72. The van der Waals surface area contributed by atoms with Crippen molar-refractivity contribution < 1.29 is 24.2 Å². The molecule has 4 aromatic rings.